The monoisotopic (exact) mass is 487 g/mol. The van der Waals surface area contributed by atoms with Crippen LogP contribution in [0, 0.1) is 0 Å². The van der Waals surface area contributed by atoms with Crippen molar-refractivity contribution in [3.8, 4) is 0 Å². The Kier molecular flexibility index (Phi) is 8.99. The van der Waals surface area contributed by atoms with Gasteiger partial charge in [-0.05, 0) is 6.92 Å². The molecule has 3 saturated heterocycles. The summed E-state index contributed by atoms with van der Waals surface area (Å²) in [6.45, 7) is 0.0570. The van der Waals surface area contributed by atoms with Gasteiger partial charge in [-0.15, -0.1) is 0 Å². The average molecular weight is 487 g/mol. The Balaban J connectivity index is 1.71. The predicted octanol–water partition coefficient (Wildman–Crippen LogP) is -6.58. The van der Waals surface area contributed by atoms with Crippen LogP contribution in [0.15, 0.2) is 0 Å². The first-order chi connectivity index (χ1) is 15.5. The van der Waals surface area contributed by atoms with Crippen molar-refractivity contribution in [1.29, 1.82) is 0 Å². The topological polar surface area (TPSA) is 254 Å². The fraction of sp³-hybridized carbons (Fsp3) is 1.00. The van der Waals surface area contributed by atoms with E-state index in [0.717, 1.165) is 0 Å². The fourth-order valence-electron chi connectivity index (χ4n) is 4.04. The predicted molar refractivity (Wildman–Crippen MR) is 102 cm³/mol. The zero-order chi connectivity index (χ0) is 24.6. The van der Waals surface area contributed by atoms with E-state index in [1.807, 2.05) is 0 Å². The minimum Gasteiger partial charge on any atom is -0.394 e. The number of aliphatic hydroxyl groups is 9. The molecule has 0 radical (unpaired) electrons. The van der Waals surface area contributed by atoms with Gasteiger partial charge in [0.25, 0.3) is 0 Å². The van der Waals surface area contributed by atoms with Crippen molar-refractivity contribution >= 4 is 0 Å². The molecular weight excluding hydrogens is 454 g/mol. The highest BCUT2D eigenvalue weighted by molar-refractivity contribution is 4.96. The molecule has 3 rings (SSSR count). The van der Waals surface area contributed by atoms with Crippen LogP contribution in [-0.2, 0) is 23.7 Å². The van der Waals surface area contributed by atoms with Crippen LogP contribution in [0.5, 0.6) is 0 Å². The van der Waals surface area contributed by atoms with Crippen LogP contribution < -0.4 is 5.73 Å². The Morgan fingerprint density at radius 2 is 1.09 bits per heavy atom. The molecule has 3 aliphatic rings. The number of hydrogen-bond donors (Lipinski definition) is 10. The largest absolute Gasteiger partial charge is 0.394 e. The second-order valence-electron chi connectivity index (χ2n) is 8.41. The van der Waals surface area contributed by atoms with Gasteiger partial charge < -0.3 is 75.4 Å². The first-order valence-electron chi connectivity index (χ1n) is 10.5. The second-order valence-corrected chi connectivity index (χ2v) is 8.41. The van der Waals surface area contributed by atoms with Gasteiger partial charge in [-0.25, -0.2) is 0 Å². The standard InChI is InChI=1S/C18H33NO14/c1-4-7(19)8(22)12(26)17(29-4)32-15-6(3-21)31-18(13(27)10(15)24)33-14-5(2-20)30-16(28)11(25)9(14)23/h4-18,20-28H,2-3,19H2,1H3. The fourth-order valence-corrected chi connectivity index (χ4v) is 4.04. The lowest BCUT2D eigenvalue weighted by atomic mass is 9.96. The van der Waals surface area contributed by atoms with Crippen LogP contribution >= 0.6 is 0 Å². The quantitative estimate of drug-likeness (QED) is 0.167. The average Bonchev–Trinajstić information content (AvgIpc) is 2.80. The van der Waals surface area contributed by atoms with E-state index in [1.54, 1.807) is 0 Å². The lowest BCUT2D eigenvalue weighted by Gasteiger charge is -2.47. The van der Waals surface area contributed by atoms with Gasteiger partial charge in [0.2, 0.25) is 0 Å². The van der Waals surface area contributed by atoms with E-state index >= 15 is 0 Å². The van der Waals surface area contributed by atoms with E-state index in [9.17, 15) is 46.0 Å². The van der Waals surface area contributed by atoms with Crippen molar-refractivity contribution in [2.75, 3.05) is 13.2 Å². The molecule has 0 amide bonds. The van der Waals surface area contributed by atoms with Gasteiger partial charge in [0.1, 0.15) is 61.0 Å². The van der Waals surface area contributed by atoms with Crippen LogP contribution in [0.1, 0.15) is 6.92 Å². The molecule has 0 aromatic carbocycles. The summed E-state index contributed by atoms with van der Waals surface area (Å²) in [6, 6.07) is -0.901. The normalized spacial score (nSPS) is 53.7. The van der Waals surface area contributed by atoms with E-state index in [0.29, 0.717) is 0 Å². The van der Waals surface area contributed by atoms with Crippen molar-refractivity contribution in [2.24, 2.45) is 5.73 Å². The molecule has 3 aliphatic heterocycles. The van der Waals surface area contributed by atoms with Crippen LogP contribution in [0.3, 0.4) is 0 Å². The molecule has 33 heavy (non-hydrogen) atoms. The van der Waals surface area contributed by atoms with E-state index in [2.05, 4.69) is 0 Å². The van der Waals surface area contributed by atoms with Crippen LogP contribution in [0.2, 0.25) is 0 Å². The van der Waals surface area contributed by atoms with E-state index in [1.165, 1.54) is 6.92 Å². The molecule has 11 N–H and O–H groups in total. The molecule has 15 nitrogen and oxygen atoms in total. The van der Waals surface area contributed by atoms with Crippen molar-refractivity contribution in [3.05, 3.63) is 0 Å². The SMILES string of the molecule is CC1OC(OC2C(CO)OC(OC3C(CO)OC(O)C(O)C3O)C(O)C2O)C(O)C(O)C1N. The van der Waals surface area contributed by atoms with Gasteiger partial charge in [-0.2, -0.15) is 0 Å². The van der Waals surface area contributed by atoms with Crippen LogP contribution in [-0.4, -0.2) is 151 Å². The Morgan fingerprint density at radius 3 is 1.64 bits per heavy atom. The smallest absolute Gasteiger partial charge is 0.187 e. The maximum Gasteiger partial charge on any atom is 0.187 e. The molecule has 0 aromatic heterocycles. The first-order valence-corrected chi connectivity index (χ1v) is 10.5. The lowest BCUT2D eigenvalue weighted by molar-refractivity contribution is -0.373. The number of aliphatic hydroxyl groups excluding tert-OH is 9. The van der Waals surface area contributed by atoms with E-state index in [-0.39, 0.29) is 0 Å². The van der Waals surface area contributed by atoms with Crippen molar-refractivity contribution in [1.82, 2.24) is 0 Å². The highest BCUT2D eigenvalue weighted by Gasteiger charge is 2.52. The molecule has 15 atom stereocenters. The van der Waals surface area contributed by atoms with Crippen molar-refractivity contribution in [2.45, 2.75) is 99.0 Å². The van der Waals surface area contributed by atoms with Gasteiger partial charge in [-0.3, -0.25) is 0 Å². The third-order valence-electron chi connectivity index (χ3n) is 6.16. The lowest BCUT2D eigenvalue weighted by Crippen LogP contribution is -2.66. The third-order valence-corrected chi connectivity index (χ3v) is 6.16. The van der Waals surface area contributed by atoms with Gasteiger partial charge in [0.15, 0.2) is 18.9 Å². The Morgan fingerprint density at radius 1 is 0.636 bits per heavy atom. The molecule has 0 saturated carbocycles. The number of ether oxygens (including phenoxy) is 5. The second kappa shape index (κ2) is 11.0. The highest BCUT2D eigenvalue weighted by Crippen LogP contribution is 2.31. The Labute approximate surface area is 188 Å². The maximum absolute atomic E-state index is 10.6. The summed E-state index contributed by atoms with van der Waals surface area (Å²) < 4.78 is 26.8. The molecule has 0 aliphatic carbocycles. The van der Waals surface area contributed by atoms with Crippen LogP contribution in [0.4, 0.5) is 0 Å². The van der Waals surface area contributed by atoms with Gasteiger partial charge in [0, 0.05) is 0 Å². The van der Waals surface area contributed by atoms with Crippen LogP contribution in [0.25, 0.3) is 0 Å². The molecule has 3 heterocycles. The molecule has 0 bridgehead atoms. The molecule has 194 valence electrons. The summed E-state index contributed by atoms with van der Waals surface area (Å²) >= 11 is 0. The van der Waals surface area contributed by atoms with Gasteiger partial charge in [-0.1, -0.05) is 0 Å². The first kappa shape index (κ1) is 27.0. The minimum absolute atomic E-state index is 0.728. The minimum atomic E-state index is -1.83. The van der Waals surface area contributed by atoms with Crippen molar-refractivity contribution < 1.29 is 69.6 Å². The van der Waals surface area contributed by atoms with Gasteiger partial charge in [0.05, 0.1) is 25.4 Å². The summed E-state index contributed by atoms with van der Waals surface area (Å²) in [5.74, 6) is 0. The Bertz CT molecular complexity index is 627. The number of hydrogen-bond acceptors (Lipinski definition) is 15. The molecule has 3 fully saturated rings. The molecule has 0 aromatic rings. The van der Waals surface area contributed by atoms with E-state index in [4.69, 9.17) is 29.4 Å². The third kappa shape index (κ3) is 5.32. The van der Waals surface area contributed by atoms with Crippen molar-refractivity contribution in [3.63, 3.8) is 0 Å². The molecular formula is C18H33NO14. The zero-order valence-corrected chi connectivity index (χ0v) is 17.7. The summed E-state index contributed by atoms with van der Waals surface area (Å²) in [5, 5.41) is 90.2. The summed E-state index contributed by atoms with van der Waals surface area (Å²) in [6.07, 6.45) is -21.4. The number of rotatable bonds is 6. The molecule has 0 spiro atoms. The zero-order valence-electron chi connectivity index (χ0n) is 17.7. The highest BCUT2D eigenvalue weighted by atomic mass is 16.7. The van der Waals surface area contributed by atoms with E-state index < -0.39 is 105 Å². The number of nitrogens with two attached hydrogens (primary N) is 1. The summed E-state index contributed by atoms with van der Waals surface area (Å²) in [7, 11) is 0. The van der Waals surface area contributed by atoms with Gasteiger partial charge >= 0.3 is 0 Å². The molecule has 15 heteroatoms. The maximum atomic E-state index is 10.6. The summed E-state index contributed by atoms with van der Waals surface area (Å²) in [5.41, 5.74) is 5.73. The Hall–Kier alpha value is -0.600. The molecule has 15 unspecified atom stereocenters. The summed E-state index contributed by atoms with van der Waals surface area (Å²) in [4.78, 5) is 0.